The molecular weight excluding hydrogens is 434 g/mol. The summed E-state index contributed by atoms with van der Waals surface area (Å²) >= 11 is 0. The highest BCUT2D eigenvalue weighted by Crippen LogP contribution is 2.14. The third-order valence-electron chi connectivity index (χ3n) is 3.36. The van der Waals surface area contributed by atoms with Gasteiger partial charge in [0, 0.05) is 0 Å². The van der Waals surface area contributed by atoms with E-state index in [1.54, 1.807) is 13.0 Å². The Hall–Kier alpha value is -4.79. The van der Waals surface area contributed by atoms with E-state index in [-0.39, 0.29) is 17.8 Å². The number of nitrogen functional groups attached to an aromatic ring is 1. The Balaban J connectivity index is 0.000000252. The topological polar surface area (TPSA) is 216 Å². The summed E-state index contributed by atoms with van der Waals surface area (Å²) < 4.78 is 30.1. The predicted molar refractivity (Wildman–Crippen MR) is 102 cm³/mol. The molecule has 5 N–H and O–H groups in total. The summed E-state index contributed by atoms with van der Waals surface area (Å²) in [7, 11) is 0. The van der Waals surface area contributed by atoms with E-state index in [0.717, 1.165) is 17.6 Å². The van der Waals surface area contributed by atoms with Crippen LogP contribution in [0.4, 0.5) is 14.6 Å². The molecular formula is C17H16F2N8O5. The molecule has 3 aromatic rings. The van der Waals surface area contributed by atoms with Crippen molar-refractivity contribution in [1.82, 2.24) is 24.8 Å². The van der Waals surface area contributed by atoms with E-state index in [1.165, 1.54) is 6.20 Å². The van der Waals surface area contributed by atoms with Gasteiger partial charge >= 0.3 is 5.97 Å². The van der Waals surface area contributed by atoms with Crippen LogP contribution >= 0.6 is 0 Å². The molecule has 0 saturated carbocycles. The number of nitriles is 2. The Morgan fingerprint density at radius 2 is 1.97 bits per heavy atom. The van der Waals surface area contributed by atoms with Crippen LogP contribution in [0.1, 0.15) is 25.0 Å². The fourth-order valence-electron chi connectivity index (χ4n) is 1.83. The number of alkyl halides is 1. The van der Waals surface area contributed by atoms with Crippen LogP contribution in [0.25, 0.3) is 5.65 Å². The van der Waals surface area contributed by atoms with Gasteiger partial charge in [0.15, 0.2) is 11.4 Å². The second-order valence-corrected chi connectivity index (χ2v) is 5.56. The number of aromatic hydroxyl groups is 1. The predicted octanol–water partition coefficient (Wildman–Crippen LogP) is 0.0792. The van der Waals surface area contributed by atoms with Crippen LogP contribution in [-0.4, -0.2) is 54.4 Å². The number of ketones is 1. The molecule has 1 unspecified atom stereocenters. The molecule has 0 aromatic carbocycles. The number of rotatable bonds is 3. The average molecular weight is 450 g/mol. The first-order valence-electron chi connectivity index (χ1n) is 8.47. The molecule has 13 nitrogen and oxygen atoms in total. The number of carbonyl (C=O) groups is 2. The molecule has 1 atom stereocenters. The van der Waals surface area contributed by atoms with Crippen molar-refractivity contribution in [1.29, 1.82) is 10.5 Å². The van der Waals surface area contributed by atoms with Gasteiger partial charge in [-0.1, -0.05) is 0 Å². The first-order valence-corrected chi connectivity index (χ1v) is 8.47. The summed E-state index contributed by atoms with van der Waals surface area (Å²) in [4.78, 5) is 33.5. The highest BCUT2D eigenvalue weighted by Gasteiger charge is 2.22. The number of halogens is 2. The zero-order valence-corrected chi connectivity index (χ0v) is 16.6. The fraction of sp³-hybridized carbons (Fsp3) is 0.235. The van der Waals surface area contributed by atoms with Gasteiger partial charge in [-0.2, -0.15) is 29.6 Å². The van der Waals surface area contributed by atoms with E-state index in [1.807, 2.05) is 6.07 Å². The minimum Gasteiger partial charge on any atom is -0.491 e. The van der Waals surface area contributed by atoms with Crippen LogP contribution in [0.2, 0.25) is 0 Å². The summed E-state index contributed by atoms with van der Waals surface area (Å²) in [5.74, 6) is -3.84. The molecule has 0 amide bonds. The van der Waals surface area contributed by atoms with Crippen LogP contribution in [0.15, 0.2) is 17.2 Å². The van der Waals surface area contributed by atoms with Crippen LogP contribution in [0.5, 0.6) is 5.88 Å². The van der Waals surface area contributed by atoms with E-state index in [9.17, 15) is 23.2 Å². The standard InChI is InChI=1S/C7H3FN4O2.C6H9FO3.C4H4N4/c8-4-6(13)11-5-3(1-9)2-10-12(5)7(4)14;1-3-10-6(9)5(7)4(2)8;5-1-3-2-7-8-4(3)6/h2,14H,(H,11,13);5H,3H2,1-2H3;2H,(H3,6,7,8). The Bertz CT molecular complexity index is 1250. The van der Waals surface area contributed by atoms with Crippen molar-refractivity contribution >= 4 is 23.2 Å². The molecule has 0 aliphatic rings. The maximum Gasteiger partial charge on any atom is 0.348 e. The van der Waals surface area contributed by atoms with Crippen molar-refractivity contribution < 1.29 is 28.2 Å². The molecule has 0 aliphatic carbocycles. The van der Waals surface area contributed by atoms with Gasteiger partial charge in [0.1, 0.15) is 29.1 Å². The molecule has 0 fully saturated rings. The zero-order valence-electron chi connectivity index (χ0n) is 16.6. The highest BCUT2D eigenvalue weighted by atomic mass is 19.1. The maximum atomic E-state index is 12.8. The number of nitrogens with two attached hydrogens (primary N) is 1. The lowest BCUT2D eigenvalue weighted by molar-refractivity contribution is -0.152. The van der Waals surface area contributed by atoms with E-state index < -0.39 is 35.2 Å². The zero-order chi connectivity index (χ0) is 24.4. The smallest absolute Gasteiger partial charge is 0.348 e. The largest absolute Gasteiger partial charge is 0.491 e. The molecule has 0 radical (unpaired) electrons. The van der Waals surface area contributed by atoms with E-state index >= 15 is 0 Å². The monoisotopic (exact) mass is 450 g/mol. The van der Waals surface area contributed by atoms with Gasteiger partial charge in [-0.25, -0.2) is 9.18 Å². The molecule has 168 valence electrons. The lowest BCUT2D eigenvalue weighted by Crippen LogP contribution is -2.25. The summed E-state index contributed by atoms with van der Waals surface area (Å²) in [6.07, 6.45) is 0.389. The minimum atomic E-state index is -2.11. The van der Waals surface area contributed by atoms with Crippen molar-refractivity contribution in [2.45, 2.75) is 20.0 Å². The van der Waals surface area contributed by atoms with Crippen molar-refractivity contribution in [2.75, 3.05) is 12.3 Å². The van der Waals surface area contributed by atoms with Gasteiger partial charge in [-0.15, -0.1) is 0 Å². The van der Waals surface area contributed by atoms with Gasteiger partial charge in [-0.05, 0) is 13.8 Å². The Morgan fingerprint density at radius 1 is 1.34 bits per heavy atom. The lowest BCUT2D eigenvalue weighted by atomic mass is 10.3. The molecule has 15 heteroatoms. The lowest BCUT2D eigenvalue weighted by Gasteiger charge is -2.01. The van der Waals surface area contributed by atoms with Crippen LogP contribution in [0, 0.1) is 28.5 Å². The van der Waals surface area contributed by atoms with Gasteiger partial charge in [0.2, 0.25) is 5.82 Å². The second kappa shape index (κ2) is 11.4. The number of carbonyl (C=O) groups excluding carboxylic acids is 2. The number of aromatic nitrogens is 5. The Labute approximate surface area is 177 Å². The summed E-state index contributed by atoms with van der Waals surface area (Å²) in [5, 5.41) is 35.4. The molecule has 0 aliphatic heterocycles. The summed E-state index contributed by atoms with van der Waals surface area (Å²) in [6.45, 7) is 2.64. The number of H-pyrrole nitrogens is 2. The number of ether oxygens (including phenoxy) is 1. The number of esters is 1. The van der Waals surface area contributed by atoms with Gasteiger partial charge in [0.05, 0.1) is 19.0 Å². The molecule has 32 heavy (non-hydrogen) atoms. The van der Waals surface area contributed by atoms with Crippen molar-refractivity contribution in [3.05, 3.63) is 39.7 Å². The first-order chi connectivity index (χ1) is 15.1. The average Bonchev–Trinajstić information content (AvgIpc) is 3.37. The number of hydrogen-bond acceptors (Lipinski definition) is 10. The van der Waals surface area contributed by atoms with E-state index in [4.69, 9.17) is 21.4 Å². The SMILES string of the molecule is CCOC(=O)C(F)C(C)=O.N#Cc1cn[nH]c1N.N#Cc1cnn2c(O)c(F)c(=O)[nH]c12. The number of nitrogens with zero attached hydrogens (tertiary/aromatic N) is 5. The number of fused-ring (bicyclic) bond motifs is 1. The summed E-state index contributed by atoms with van der Waals surface area (Å²) in [5.41, 5.74) is 4.54. The van der Waals surface area contributed by atoms with Crippen molar-refractivity contribution in [2.24, 2.45) is 0 Å². The van der Waals surface area contributed by atoms with Crippen LogP contribution in [-0.2, 0) is 14.3 Å². The second-order valence-electron chi connectivity index (χ2n) is 5.56. The molecule has 3 heterocycles. The minimum absolute atomic E-state index is 0.0311. The number of hydrogen-bond donors (Lipinski definition) is 4. The quantitative estimate of drug-likeness (QED) is 0.311. The number of Topliss-reactive ketones (excluding diaryl/α,β-unsaturated/α-hetero) is 1. The van der Waals surface area contributed by atoms with Crippen LogP contribution < -0.4 is 11.3 Å². The number of anilines is 1. The third kappa shape index (κ3) is 6.10. The van der Waals surface area contributed by atoms with Gasteiger partial charge in [0.25, 0.3) is 17.6 Å². The highest BCUT2D eigenvalue weighted by molar-refractivity contribution is 6.00. The van der Waals surface area contributed by atoms with Crippen molar-refractivity contribution in [3.8, 4) is 18.0 Å². The van der Waals surface area contributed by atoms with Gasteiger partial charge < -0.3 is 20.6 Å². The third-order valence-corrected chi connectivity index (χ3v) is 3.36. The molecule has 3 rings (SSSR count). The Kier molecular flexibility index (Phi) is 9.00. The maximum absolute atomic E-state index is 12.8. The molecule has 0 bridgehead atoms. The van der Waals surface area contributed by atoms with Crippen molar-refractivity contribution in [3.63, 3.8) is 0 Å². The molecule has 3 aromatic heterocycles. The number of nitrogens with one attached hydrogen (secondary N) is 2. The Morgan fingerprint density at radius 3 is 2.41 bits per heavy atom. The molecule has 0 spiro atoms. The van der Waals surface area contributed by atoms with E-state index in [2.05, 4.69) is 25.0 Å². The number of aromatic amines is 2. The normalized spacial score (nSPS) is 10.4. The van der Waals surface area contributed by atoms with Gasteiger partial charge in [-0.3, -0.25) is 14.7 Å². The van der Waals surface area contributed by atoms with Crippen LogP contribution in [0.3, 0.4) is 0 Å². The molecule has 0 saturated heterocycles. The first kappa shape index (κ1) is 25.2. The summed E-state index contributed by atoms with van der Waals surface area (Å²) in [6, 6.07) is 3.59. The van der Waals surface area contributed by atoms with E-state index in [0.29, 0.717) is 11.4 Å². The fourth-order valence-corrected chi connectivity index (χ4v) is 1.83.